The van der Waals surface area contributed by atoms with Crippen LogP contribution < -0.4 is 15.3 Å². The average Bonchev–Trinajstić information content (AvgIpc) is 2.61. The highest BCUT2D eigenvalue weighted by Crippen LogP contribution is 2.29. The summed E-state index contributed by atoms with van der Waals surface area (Å²) in [5, 5.41) is 5.95. The van der Waals surface area contributed by atoms with Crippen molar-refractivity contribution in [2.45, 2.75) is 13.5 Å². The fourth-order valence-electron chi connectivity index (χ4n) is 2.65. The van der Waals surface area contributed by atoms with Gasteiger partial charge < -0.3 is 15.3 Å². The Bertz CT molecular complexity index is 854. The second-order valence-corrected chi connectivity index (χ2v) is 5.34. The van der Waals surface area contributed by atoms with E-state index in [1.165, 1.54) is 10.8 Å². The van der Waals surface area contributed by atoms with Gasteiger partial charge in [-0.05, 0) is 47.0 Å². The molecule has 0 spiro atoms. The van der Waals surface area contributed by atoms with Crippen molar-refractivity contribution in [2.75, 3.05) is 6.61 Å². The average molecular weight is 320 g/mol. The van der Waals surface area contributed by atoms with Gasteiger partial charge in [0.25, 0.3) is 0 Å². The third-order valence-corrected chi connectivity index (χ3v) is 3.75. The quantitative estimate of drug-likeness (QED) is 0.422. The number of rotatable bonds is 6. The number of hydrogen-bond donors (Lipinski definition) is 1. The van der Waals surface area contributed by atoms with Crippen LogP contribution >= 0.6 is 0 Å². The standard InChI is InChI=1S/C20H20N2O2/c1-2-23-20-12-15(13-22-21)10-11-19(20)24-14-17-8-5-7-16-6-3-4-9-18(16)17/h3-13H,2,14,21H2,1H3. The first-order chi connectivity index (χ1) is 11.8. The van der Waals surface area contributed by atoms with Crippen molar-refractivity contribution in [3.8, 4) is 11.5 Å². The molecule has 0 amide bonds. The highest BCUT2D eigenvalue weighted by atomic mass is 16.5. The minimum absolute atomic E-state index is 0.478. The molecule has 3 rings (SSSR count). The molecule has 0 aliphatic carbocycles. The van der Waals surface area contributed by atoms with Crippen molar-refractivity contribution in [1.29, 1.82) is 0 Å². The molecule has 0 fully saturated rings. The summed E-state index contributed by atoms with van der Waals surface area (Å²) < 4.78 is 11.7. The Morgan fingerprint density at radius 1 is 0.958 bits per heavy atom. The van der Waals surface area contributed by atoms with Crippen LogP contribution in [-0.2, 0) is 6.61 Å². The third kappa shape index (κ3) is 3.49. The summed E-state index contributed by atoms with van der Waals surface area (Å²) in [6.45, 7) is 2.98. The van der Waals surface area contributed by atoms with E-state index in [0.717, 1.165) is 11.1 Å². The molecule has 0 saturated carbocycles. The smallest absolute Gasteiger partial charge is 0.161 e. The molecule has 3 aromatic rings. The number of hydrogen-bond acceptors (Lipinski definition) is 4. The van der Waals surface area contributed by atoms with E-state index in [1.54, 1.807) is 6.21 Å². The molecule has 0 aliphatic heterocycles. The van der Waals surface area contributed by atoms with Crippen molar-refractivity contribution in [3.05, 3.63) is 71.8 Å². The van der Waals surface area contributed by atoms with E-state index in [9.17, 15) is 0 Å². The number of benzene rings is 3. The van der Waals surface area contributed by atoms with Gasteiger partial charge in [-0.2, -0.15) is 5.10 Å². The Morgan fingerprint density at radius 3 is 2.62 bits per heavy atom. The molecule has 0 heterocycles. The van der Waals surface area contributed by atoms with Crippen molar-refractivity contribution in [3.63, 3.8) is 0 Å². The SMILES string of the molecule is CCOc1cc(C=NN)ccc1OCc1cccc2ccccc12. The normalized spacial score (nSPS) is 11.0. The number of ether oxygens (including phenoxy) is 2. The Balaban J connectivity index is 1.85. The Morgan fingerprint density at radius 2 is 1.79 bits per heavy atom. The van der Waals surface area contributed by atoms with E-state index in [0.29, 0.717) is 24.7 Å². The number of hydrazone groups is 1. The second-order valence-electron chi connectivity index (χ2n) is 5.34. The molecule has 0 saturated heterocycles. The first kappa shape index (κ1) is 15.9. The fourth-order valence-corrected chi connectivity index (χ4v) is 2.65. The second kappa shape index (κ2) is 7.51. The van der Waals surface area contributed by atoms with Crippen LogP contribution in [0, 0.1) is 0 Å². The van der Waals surface area contributed by atoms with Crippen LogP contribution in [0.5, 0.6) is 11.5 Å². The maximum absolute atomic E-state index is 6.02. The Hall–Kier alpha value is -3.01. The van der Waals surface area contributed by atoms with Crippen molar-refractivity contribution >= 4 is 17.0 Å². The van der Waals surface area contributed by atoms with Crippen LogP contribution in [0.1, 0.15) is 18.1 Å². The maximum Gasteiger partial charge on any atom is 0.161 e. The van der Waals surface area contributed by atoms with Crippen LogP contribution in [0.4, 0.5) is 0 Å². The molecule has 122 valence electrons. The summed E-state index contributed by atoms with van der Waals surface area (Å²) in [5.74, 6) is 6.60. The van der Waals surface area contributed by atoms with Gasteiger partial charge in [0.2, 0.25) is 0 Å². The minimum Gasteiger partial charge on any atom is -0.490 e. The molecule has 0 bridgehead atoms. The van der Waals surface area contributed by atoms with E-state index >= 15 is 0 Å². The van der Waals surface area contributed by atoms with Crippen LogP contribution in [-0.4, -0.2) is 12.8 Å². The van der Waals surface area contributed by atoms with Gasteiger partial charge in [-0.1, -0.05) is 42.5 Å². The first-order valence-corrected chi connectivity index (χ1v) is 7.91. The number of nitrogens with zero attached hydrogens (tertiary/aromatic N) is 1. The van der Waals surface area contributed by atoms with Crippen LogP contribution in [0.2, 0.25) is 0 Å². The van der Waals surface area contributed by atoms with Crippen molar-refractivity contribution < 1.29 is 9.47 Å². The molecular weight excluding hydrogens is 300 g/mol. The van der Waals surface area contributed by atoms with E-state index in [2.05, 4.69) is 29.4 Å². The number of nitrogens with two attached hydrogens (primary N) is 1. The van der Waals surface area contributed by atoms with E-state index in [-0.39, 0.29) is 0 Å². The molecule has 0 radical (unpaired) electrons. The van der Waals surface area contributed by atoms with E-state index < -0.39 is 0 Å². The van der Waals surface area contributed by atoms with Gasteiger partial charge >= 0.3 is 0 Å². The minimum atomic E-state index is 0.478. The van der Waals surface area contributed by atoms with Gasteiger partial charge in [-0.3, -0.25) is 0 Å². The summed E-state index contributed by atoms with van der Waals surface area (Å²) in [7, 11) is 0. The topological polar surface area (TPSA) is 56.8 Å². The Labute approximate surface area is 141 Å². The lowest BCUT2D eigenvalue weighted by Crippen LogP contribution is -2.01. The summed E-state index contributed by atoms with van der Waals surface area (Å²) in [4.78, 5) is 0. The summed E-state index contributed by atoms with van der Waals surface area (Å²) >= 11 is 0. The highest BCUT2D eigenvalue weighted by Gasteiger charge is 2.08. The summed E-state index contributed by atoms with van der Waals surface area (Å²) in [6.07, 6.45) is 1.58. The molecular formula is C20H20N2O2. The molecule has 24 heavy (non-hydrogen) atoms. The lowest BCUT2D eigenvalue weighted by Gasteiger charge is -2.13. The molecule has 3 aromatic carbocycles. The van der Waals surface area contributed by atoms with Gasteiger partial charge in [0.15, 0.2) is 11.5 Å². The maximum atomic E-state index is 6.02. The van der Waals surface area contributed by atoms with E-state index in [1.807, 2.05) is 43.3 Å². The Kier molecular flexibility index (Phi) is 4.96. The molecule has 4 heteroatoms. The van der Waals surface area contributed by atoms with Crippen LogP contribution in [0.15, 0.2) is 65.8 Å². The number of fused-ring (bicyclic) bond motifs is 1. The molecule has 0 unspecified atom stereocenters. The molecule has 0 aliphatic rings. The van der Waals surface area contributed by atoms with Crippen LogP contribution in [0.3, 0.4) is 0 Å². The van der Waals surface area contributed by atoms with Gasteiger partial charge in [0.05, 0.1) is 12.8 Å². The van der Waals surface area contributed by atoms with Gasteiger partial charge in [0, 0.05) is 0 Å². The third-order valence-electron chi connectivity index (χ3n) is 3.75. The van der Waals surface area contributed by atoms with Gasteiger partial charge in [-0.15, -0.1) is 0 Å². The van der Waals surface area contributed by atoms with Gasteiger partial charge in [0.1, 0.15) is 6.61 Å². The molecule has 4 nitrogen and oxygen atoms in total. The lowest BCUT2D eigenvalue weighted by molar-refractivity contribution is 0.270. The zero-order valence-electron chi connectivity index (χ0n) is 13.6. The predicted molar refractivity (Wildman–Crippen MR) is 97.7 cm³/mol. The first-order valence-electron chi connectivity index (χ1n) is 7.91. The highest BCUT2D eigenvalue weighted by molar-refractivity contribution is 5.85. The fraction of sp³-hybridized carbons (Fsp3) is 0.150. The predicted octanol–water partition coefficient (Wildman–Crippen LogP) is 4.11. The van der Waals surface area contributed by atoms with Crippen molar-refractivity contribution in [2.24, 2.45) is 10.9 Å². The lowest BCUT2D eigenvalue weighted by atomic mass is 10.1. The van der Waals surface area contributed by atoms with Crippen molar-refractivity contribution in [1.82, 2.24) is 0 Å². The van der Waals surface area contributed by atoms with E-state index in [4.69, 9.17) is 15.3 Å². The zero-order chi connectivity index (χ0) is 16.8. The summed E-state index contributed by atoms with van der Waals surface area (Å²) in [5.41, 5.74) is 2.02. The zero-order valence-corrected chi connectivity index (χ0v) is 13.6. The molecule has 2 N–H and O–H groups in total. The molecule has 0 atom stereocenters. The largest absolute Gasteiger partial charge is 0.490 e. The monoisotopic (exact) mass is 320 g/mol. The van der Waals surface area contributed by atoms with Crippen LogP contribution in [0.25, 0.3) is 10.8 Å². The van der Waals surface area contributed by atoms with Gasteiger partial charge in [-0.25, -0.2) is 0 Å². The molecule has 0 aromatic heterocycles. The summed E-state index contributed by atoms with van der Waals surface area (Å²) in [6, 6.07) is 20.2.